The highest BCUT2D eigenvalue weighted by Gasteiger charge is 2.21. The fraction of sp³-hybridized carbons (Fsp3) is 0.533. The number of nitrogens with zero attached hydrogens (tertiary/aromatic N) is 2. The van der Waals surface area contributed by atoms with Gasteiger partial charge in [0.05, 0.1) is 6.61 Å². The molecule has 1 fully saturated rings. The Balaban J connectivity index is 2.07. The van der Waals surface area contributed by atoms with E-state index in [1.54, 1.807) is 7.11 Å². The number of carbonyl (C=O) groups is 1. The molecule has 0 saturated carbocycles. The van der Waals surface area contributed by atoms with Crippen LogP contribution in [0, 0.1) is 0 Å². The molecule has 1 saturated heterocycles. The first kappa shape index (κ1) is 15.5. The monoisotopic (exact) mass is 340 g/mol. The lowest BCUT2D eigenvalue weighted by Gasteiger charge is -2.34. The van der Waals surface area contributed by atoms with E-state index in [1.165, 1.54) is 0 Å². The van der Waals surface area contributed by atoms with Gasteiger partial charge in [-0.05, 0) is 30.3 Å². The molecule has 0 N–H and O–H groups in total. The van der Waals surface area contributed by atoms with Crippen LogP contribution in [0.15, 0.2) is 22.7 Å². The predicted molar refractivity (Wildman–Crippen MR) is 82.9 cm³/mol. The number of likely N-dealkylation sites (N-methyl/N-ethyl adjacent to an activating group) is 1. The average molecular weight is 341 g/mol. The van der Waals surface area contributed by atoms with E-state index in [9.17, 15) is 4.79 Å². The molecule has 1 aliphatic rings. The summed E-state index contributed by atoms with van der Waals surface area (Å²) in [6.07, 6.45) is 0. The number of methoxy groups -OCH3 is 1. The summed E-state index contributed by atoms with van der Waals surface area (Å²) >= 11 is 3.48. The van der Waals surface area contributed by atoms with Crippen molar-refractivity contribution in [3.63, 3.8) is 0 Å². The molecular formula is C15H21BrN2O2. The molecule has 2 rings (SSSR count). The first-order chi connectivity index (χ1) is 9.65. The van der Waals surface area contributed by atoms with Crippen LogP contribution in [0.2, 0.25) is 0 Å². The molecule has 1 aliphatic heterocycles. The molecule has 0 bridgehead atoms. The quantitative estimate of drug-likeness (QED) is 0.843. The molecule has 0 aromatic heterocycles. The van der Waals surface area contributed by atoms with E-state index in [1.807, 2.05) is 23.1 Å². The first-order valence-corrected chi connectivity index (χ1v) is 7.74. The molecule has 0 radical (unpaired) electrons. The van der Waals surface area contributed by atoms with Crippen LogP contribution >= 0.6 is 15.9 Å². The summed E-state index contributed by atoms with van der Waals surface area (Å²) in [6, 6.07) is 5.71. The Bertz CT molecular complexity index is 471. The SMILES string of the molecule is CCN1CCN(C(=O)c2ccc(Br)c(COC)c2)CC1. The summed E-state index contributed by atoms with van der Waals surface area (Å²) in [5.74, 6) is 0.116. The molecule has 0 aliphatic carbocycles. The fourth-order valence-corrected chi connectivity index (χ4v) is 2.78. The summed E-state index contributed by atoms with van der Waals surface area (Å²) in [5, 5.41) is 0. The third-order valence-corrected chi connectivity index (χ3v) is 4.47. The molecule has 0 spiro atoms. The second-order valence-electron chi connectivity index (χ2n) is 4.97. The van der Waals surface area contributed by atoms with Crippen molar-refractivity contribution in [3.05, 3.63) is 33.8 Å². The van der Waals surface area contributed by atoms with Crippen LogP contribution in [-0.2, 0) is 11.3 Å². The number of rotatable bonds is 4. The van der Waals surface area contributed by atoms with E-state index < -0.39 is 0 Å². The fourth-order valence-electron chi connectivity index (χ4n) is 2.42. The Kier molecular flexibility index (Phi) is 5.57. The lowest BCUT2D eigenvalue weighted by Crippen LogP contribution is -2.48. The third-order valence-electron chi connectivity index (χ3n) is 3.70. The molecule has 0 atom stereocenters. The molecule has 5 heteroatoms. The Morgan fingerprint density at radius 3 is 2.60 bits per heavy atom. The minimum atomic E-state index is 0.116. The van der Waals surface area contributed by atoms with Crippen LogP contribution in [0.25, 0.3) is 0 Å². The minimum absolute atomic E-state index is 0.116. The predicted octanol–water partition coefficient (Wildman–Crippen LogP) is 2.37. The highest BCUT2D eigenvalue weighted by Crippen LogP contribution is 2.20. The van der Waals surface area contributed by atoms with Crippen molar-refractivity contribution >= 4 is 21.8 Å². The second-order valence-corrected chi connectivity index (χ2v) is 5.82. The van der Waals surface area contributed by atoms with E-state index in [2.05, 4.69) is 27.8 Å². The number of benzene rings is 1. The summed E-state index contributed by atoms with van der Waals surface area (Å²) < 4.78 is 6.13. The highest BCUT2D eigenvalue weighted by molar-refractivity contribution is 9.10. The van der Waals surface area contributed by atoms with Crippen molar-refractivity contribution in [3.8, 4) is 0 Å². The Hall–Kier alpha value is -0.910. The van der Waals surface area contributed by atoms with E-state index in [0.29, 0.717) is 6.61 Å². The number of carbonyl (C=O) groups excluding carboxylic acids is 1. The van der Waals surface area contributed by atoms with Crippen LogP contribution in [0.4, 0.5) is 0 Å². The zero-order chi connectivity index (χ0) is 14.5. The molecule has 20 heavy (non-hydrogen) atoms. The van der Waals surface area contributed by atoms with Crippen LogP contribution < -0.4 is 0 Å². The van der Waals surface area contributed by atoms with Gasteiger partial charge in [-0.15, -0.1) is 0 Å². The summed E-state index contributed by atoms with van der Waals surface area (Å²) in [5.41, 5.74) is 1.75. The molecule has 1 aromatic carbocycles. The van der Waals surface area contributed by atoms with E-state index in [-0.39, 0.29) is 5.91 Å². The van der Waals surface area contributed by atoms with Gasteiger partial charge in [-0.25, -0.2) is 0 Å². The van der Waals surface area contributed by atoms with Crippen molar-refractivity contribution in [1.82, 2.24) is 9.80 Å². The normalized spacial score (nSPS) is 16.4. The molecule has 1 heterocycles. The van der Waals surface area contributed by atoms with Crippen LogP contribution in [-0.4, -0.2) is 55.5 Å². The number of piperazine rings is 1. The Labute approximate surface area is 128 Å². The zero-order valence-electron chi connectivity index (χ0n) is 12.1. The van der Waals surface area contributed by atoms with Crippen LogP contribution in [0.5, 0.6) is 0 Å². The van der Waals surface area contributed by atoms with Crippen molar-refractivity contribution in [2.24, 2.45) is 0 Å². The molecule has 110 valence electrons. The molecule has 0 unspecified atom stereocenters. The number of amides is 1. The summed E-state index contributed by atoms with van der Waals surface area (Å²) in [6.45, 7) is 7.25. The standard InChI is InChI=1S/C15H21BrN2O2/c1-3-17-6-8-18(9-7-17)15(19)12-4-5-14(16)13(10-12)11-20-2/h4-5,10H,3,6-9,11H2,1-2H3. The van der Waals surface area contributed by atoms with Gasteiger partial charge in [0.15, 0.2) is 0 Å². The van der Waals surface area contributed by atoms with Crippen LogP contribution in [0.3, 0.4) is 0 Å². The maximum Gasteiger partial charge on any atom is 0.253 e. The van der Waals surface area contributed by atoms with Gasteiger partial charge in [0.2, 0.25) is 0 Å². The maximum atomic E-state index is 12.5. The smallest absolute Gasteiger partial charge is 0.253 e. The average Bonchev–Trinajstić information content (AvgIpc) is 2.49. The highest BCUT2D eigenvalue weighted by atomic mass is 79.9. The number of hydrogen-bond acceptors (Lipinski definition) is 3. The van der Waals surface area contributed by atoms with E-state index in [4.69, 9.17) is 4.74 Å². The summed E-state index contributed by atoms with van der Waals surface area (Å²) in [7, 11) is 1.66. The number of ether oxygens (including phenoxy) is 1. The van der Waals surface area contributed by atoms with Gasteiger partial charge < -0.3 is 14.5 Å². The van der Waals surface area contributed by atoms with Crippen molar-refractivity contribution in [2.75, 3.05) is 39.8 Å². The first-order valence-electron chi connectivity index (χ1n) is 6.94. The molecule has 4 nitrogen and oxygen atoms in total. The van der Waals surface area contributed by atoms with Gasteiger partial charge in [-0.1, -0.05) is 22.9 Å². The van der Waals surface area contributed by atoms with Gasteiger partial charge in [0, 0.05) is 43.3 Å². The molecular weight excluding hydrogens is 320 g/mol. The second kappa shape index (κ2) is 7.20. The molecule has 1 aromatic rings. The Morgan fingerprint density at radius 1 is 1.30 bits per heavy atom. The minimum Gasteiger partial charge on any atom is -0.380 e. The number of hydrogen-bond donors (Lipinski definition) is 0. The van der Waals surface area contributed by atoms with Crippen molar-refractivity contribution in [2.45, 2.75) is 13.5 Å². The van der Waals surface area contributed by atoms with E-state index >= 15 is 0 Å². The van der Waals surface area contributed by atoms with Crippen molar-refractivity contribution in [1.29, 1.82) is 0 Å². The molecule has 1 amide bonds. The van der Waals surface area contributed by atoms with Crippen LogP contribution in [0.1, 0.15) is 22.8 Å². The van der Waals surface area contributed by atoms with E-state index in [0.717, 1.165) is 48.3 Å². The maximum absolute atomic E-state index is 12.5. The largest absolute Gasteiger partial charge is 0.380 e. The third kappa shape index (κ3) is 3.59. The Morgan fingerprint density at radius 2 is 2.00 bits per heavy atom. The van der Waals surface area contributed by atoms with Gasteiger partial charge in [-0.2, -0.15) is 0 Å². The number of halogens is 1. The van der Waals surface area contributed by atoms with Gasteiger partial charge in [0.1, 0.15) is 0 Å². The van der Waals surface area contributed by atoms with Crippen molar-refractivity contribution < 1.29 is 9.53 Å². The van der Waals surface area contributed by atoms with Gasteiger partial charge >= 0.3 is 0 Å². The van der Waals surface area contributed by atoms with Gasteiger partial charge in [-0.3, -0.25) is 4.79 Å². The topological polar surface area (TPSA) is 32.8 Å². The summed E-state index contributed by atoms with van der Waals surface area (Å²) in [4.78, 5) is 16.8. The lowest BCUT2D eigenvalue weighted by molar-refractivity contribution is 0.0643. The zero-order valence-corrected chi connectivity index (χ0v) is 13.6. The van der Waals surface area contributed by atoms with Gasteiger partial charge in [0.25, 0.3) is 5.91 Å². The lowest BCUT2D eigenvalue weighted by atomic mass is 10.1.